The third kappa shape index (κ3) is 5.56. The molecule has 2 N–H and O–H groups in total. The third-order valence-corrected chi connectivity index (χ3v) is 5.78. The molecular formula is C25H24ClN3O4. The third-order valence-electron chi connectivity index (χ3n) is 5.46. The molecular weight excluding hydrogens is 442 g/mol. The smallest absolute Gasteiger partial charge is 0.337 e. The van der Waals surface area contributed by atoms with Crippen molar-refractivity contribution in [1.82, 2.24) is 0 Å². The zero-order valence-corrected chi connectivity index (χ0v) is 18.7. The summed E-state index contributed by atoms with van der Waals surface area (Å²) in [5.74, 6) is -0.967. The quantitative estimate of drug-likeness (QED) is 0.538. The summed E-state index contributed by atoms with van der Waals surface area (Å²) in [5.41, 5.74) is 2.07. The van der Waals surface area contributed by atoms with Crippen LogP contribution in [0.2, 0.25) is 5.02 Å². The van der Waals surface area contributed by atoms with Crippen LogP contribution in [0.4, 0.5) is 17.1 Å². The fourth-order valence-electron chi connectivity index (χ4n) is 3.78. The number of piperazine rings is 1. The lowest BCUT2D eigenvalue weighted by Crippen LogP contribution is -2.46. The predicted molar refractivity (Wildman–Crippen MR) is 130 cm³/mol. The lowest BCUT2D eigenvalue weighted by Gasteiger charge is -2.37. The maximum Gasteiger partial charge on any atom is 0.337 e. The summed E-state index contributed by atoms with van der Waals surface area (Å²) in [7, 11) is 0. The van der Waals surface area contributed by atoms with E-state index in [4.69, 9.17) is 16.3 Å². The van der Waals surface area contributed by atoms with Gasteiger partial charge in [-0.15, -0.1) is 0 Å². The number of hydrogen-bond acceptors (Lipinski definition) is 5. The van der Waals surface area contributed by atoms with Gasteiger partial charge >= 0.3 is 5.97 Å². The number of rotatable bonds is 7. The summed E-state index contributed by atoms with van der Waals surface area (Å²) in [6.45, 7) is 2.76. The fourth-order valence-corrected chi connectivity index (χ4v) is 4.04. The second kappa shape index (κ2) is 10.3. The highest BCUT2D eigenvalue weighted by atomic mass is 35.5. The number of hydrogen-bond donors (Lipinski definition) is 2. The number of carboxylic acid groups (broad SMARTS) is 1. The van der Waals surface area contributed by atoms with Crippen LogP contribution in [-0.2, 0) is 4.79 Å². The Morgan fingerprint density at radius 3 is 2.27 bits per heavy atom. The van der Waals surface area contributed by atoms with Crippen molar-refractivity contribution in [2.75, 3.05) is 47.9 Å². The number of halogens is 1. The first kappa shape index (κ1) is 22.5. The van der Waals surface area contributed by atoms with E-state index >= 15 is 0 Å². The van der Waals surface area contributed by atoms with Gasteiger partial charge in [-0.25, -0.2) is 4.79 Å². The average molecular weight is 466 g/mol. The Morgan fingerprint density at radius 2 is 1.58 bits per heavy atom. The molecule has 0 aliphatic carbocycles. The molecule has 8 heteroatoms. The lowest BCUT2D eigenvalue weighted by atomic mass is 10.1. The van der Waals surface area contributed by atoms with E-state index in [-0.39, 0.29) is 17.9 Å². The summed E-state index contributed by atoms with van der Waals surface area (Å²) in [4.78, 5) is 28.5. The van der Waals surface area contributed by atoms with Crippen LogP contribution in [0.5, 0.6) is 5.75 Å². The van der Waals surface area contributed by atoms with E-state index in [1.807, 2.05) is 48.5 Å². The first-order chi connectivity index (χ1) is 16.0. The molecule has 0 saturated carbocycles. The van der Waals surface area contributed by atoms with Crippen LogP contribution < -0.4 is 19.9 Å². The van der Waals surface area contributed by atoms with Crippen molar-refractivity contribution in [1.29, 1.82) is 0 Å². The summed E-state index contributed by atoms with van der Waals surface area (Å²) in [6.07, 6.45) is 0. The topological polar surface area (TPSA) is 82.1 Å². The van der Waals surface area contributed by atoms with Crippen LogP contribution >= 0.6 is 11.6 Å². The molecule has 0 radical (unpaired) electrons. The number of carboxylic acids is 1. The number of nitrogens with zero attached hydrogens (tertiary/aromatic N) is 2. The number of ether oxygens (including phenoxy) is 1. The molecule has 1 fully saturated rings. The van der Waals surface area contributed by atoms with Gasteiger partial charge in [-0.05, 0) is 42.5 Å². The monoisotopic (exact) mass is 465 g/mol. The van der Waals surface area contributed by atoms with E-state index in [1.54, 1.807) is 24.3 Å². The van der Waals surface area contributed by atoms with Crippen molar-refractivity contribution in [3.63, 3.8) is 0 Å². The van der Waals surface area contributed by atoms with Crippen molar-refractivity contribution < 1.29 is 19.4 Å². The highest BCUT2D eigenvalue weighted by Crippen LogP contribution is 2.29. The zero-order valence-electron chi connectivity index (χ0n) is 17.9. The minimum atomic E-state index is -1.11. The first-order valence-electron chi connectivity index (χ1n) is 10.6. The molecule has 1 amide bonds. The van der Waals surface area contributed by atoms with E-state index in [0.29, 0.717) is 5.75 Å². The van der Waals surface area contributed by atoms with Crippen molar-refractivity contribution in [2.24, 2.45) is 0 Å². The van der Waals surface area contributed by atoms with Crippen molar-refractivity contribution >= 4 is 40.5 Å². The SMILES string of the molecule is O=C(COc1ccccc1)Nc1ccc(N2CCN(c3ccccc3Cl)CC2)cc1C(=O)O. The van der Waals surface area contributed by atoms with Gasteiger partial charge in [-0.3, -0.25) is 4.79 Å². The highest BCUT2D eigenvalue weighted by molar-refractivity contribution is 6.33. The van der Waals surface area contributed by atoms with Crippen molar-refractivity contribution in [2.45, 2.75) is 0 Å². The van der Waals surface area contributed by atoms with E-state index < -0.39 is 11.9 Å². The normalized spacial score (nSPS) is 13.5. The van der Waals surface area contributed by atoms with Gasteiger partial charge in [0.15, 0.2) is 6.61 Å². The number of aromatic carboxylic acids is 1. The molecule has 33 heavy (non-hydrogen) atoms. The Labute approximate surface area is 197 Å². The maximum atomic E-state index is 12.3. The summed E-state index contributed by atoms with van der Waals surface area (Å²) in [5, 5.41) is 13.1. The number of para-hydroxylation sites is 2. The molecule has 1 heterocycles. The van der Waals surface area contributed by atoms with Crippen molar-refractivity contribution in [3.8, 4) is 5.75 Å². The predicted octanol–water partition coefficient (Wildman–Crippen LogP) is 4.38. The second-order valence-electron chi connectivity index (χ2n) is 7.61. The molecule has 0 aromatic heterocycles. The Balaban J connectivity index is 1.40. The molecule has 1 aliphatic rings. The van der Waals surface area contributed by atoms with Gasteiger partial charge in [0.05, 0.1) is 22.0 Å². The summed E-state index contributed by atoms with van der Waals surface area (Å²) in [6, 6.07) is 21.8. The van der Waals surface area contributed by atoms with Crippen LogP contribution in [0, 0.1) is 0 Å². The average Bonchev–Trinajstić information content (AvgIpc) is 2.84. The van der Waals surface area contributed by atoms with Crippen molar-refractivity contribution in [3.05, 3.63) is 83.4 Å². The molecule has 1 aliphatic heterocycles. The first-order valence-corrected chi connectivity index (χ1v) is 11.0. The molecule has 0 unspecified atom stereocenters. The minimum absolute atomic E-state index is 0.0362. The van der Waals surface area contributed by atoms with Crippen LogP contribution in [0.3, 0.4) is 0 Å². The molecule has 7 nitrogen and oxygen atoms in total. The number of nitrogens with one attached hydrogen (secondary N) is 1. The standard InChI is InChI=1S/C25H24ClN3O4/c26-21-8-4-5-9-23(21)29-14-12-28(13-15-29)18-10-11-22(20(16-18)25(31)32)27-24(30)17-33-19-6-2-1-3-7-19/h1-11,16H,12-15,17H2,(H,27,30)(H,31,32). The van der Waals surface area contributed by atoms with Crippen LogP contribution in [0.15, 0.2) is 72.8 Å². The Bertz CT molecular complexity index is 1130. The number of amides is 1. The summed E-state index contributed by atoms with van der Waals surface area (Å²) >= 11 is 6.32. The van der Waals surface area contributed by atoms with Gasteiger partial charge in [-0.2, -0.15) is 0 Å². The molecule has 3 aromatic rings. The van der Waals surface area contributed by atoms with Crippen LogP contribution in [0.25, 0.3) is 0 Å². The number of carbonyl (C=O) groups excluding carboxylic acids is 1. The molecule has 1 saturated heterocycles. The number of carbonyl (C=O) groups is 2. The summed E-state index contributed by atoms with van der Waals surface area (Å²) < 4.78 is 5.43. The van der Waals surface area contributed by atoms with Gasteiger partial charge in [0, 0.05) is 31.9 Å². The van der Waals surface area contributed by atoms with Crippen LogP contribution in [0.1, 0.15) is 10.4 Å². The maximum absolute atomic E-state index is 12.3. The number of benzene rings is 3. The van der Waals surface area contributed by atoms with Gasteiger partial charge in [0.2, 0.25) is 0 Å². The van der Waals surface area contributed by atoms with Gasteiger partial charge in [0.1, 0.15) is 5.75 Å². The van der Waals surface area contributed by atoms with Crippen LogP contribution in [-0.4, -0.2) is 49.8 Å². The Morgan fingerprint density at radius 1 is 0.909 bits per heavy atom. The molecule has 0 spiro atoms. The Kier molecular flexibility index (Phi) is 7.00. The Hall–Kier alpha value is -3.71. The lowest BCUT2D eigenvalue weighted by molar-refractivity contribution is -0.118. The molecule has 4 rings (SSSR count). The zero-order chi connectivity index (χ0) is 23.2. The largest absolute Gasteiger partial charge is 0.484 e. The fraction of sp³-hybridized carbons (Fsp3) is 0.200. The highest BCUT2D eigenvalue weighted by Gasteiger charge is 2.21. The molecule has 0 bridgehead atoms. The minimum Gasteiger partial charge on any atom is -0.484 e. The van der Waals surface area contributed by atoms with E-state index in [1.165, 1.54) is 0 Å². The van der Waals surface area contributed by atoms with Gasteiger partial charge < -0.3 is 25.0 Å². The second-order valence-corrected chi connectivity index (χ2v) is 8.02. The van der Waals surface area contributed by atoms with E-state index in [2.05, 4.69) is 15.1 Å². The van der Waals surface area contributed by atoms with E-state index in [0.717, 1.165) is 42.6 Å². The van der Waals surface area contributed by atoms with Gasteiger partial charge in [-0.1, -0.05) is 41.9 Å². The van der Waals surface area contributed by atoms with E-state index in [9.17, 15) is 14.7 Å². The molecule has 3 aromatic carbocycles. The van der Waals surface area contributed by atoms with Gasteiger partial charge in [0.25, 0.3) is 5.91 Å². The molecule has 0 atom stereocenters. The number of anilines is 3. The molecule has 170 valence electrons.